The Morgan fingerprint density at radius 1 is 0.410 bits per heavy atom. The maximum Gasteiger partial charge on any atom is 0.289 e. The van der Waals surface area contributed by atoms with Crippen molar-refractivity contribution in [2.24, 2.45) is 42.3 Å². The molecule has 6 nitrogen and oxygen atoms in total. The third kappa shape index (κ3) is 3.24. The number of hydrogen-bond acceptors (Lipinski definition) is 0. The molecule has 39 heavy (non-hydrogen) atoms. The lowest BCUT2D eigenvalue weighted by Gasteiger charge is -2.07. The van der Waals surface area contributed by atoms with E-state index in [1.807, 2.05) is 0 Å². The lowest BCUT2D eigenvalue weighted by Crippen LogP contribution is -2.32. The highest BCUT2D eigenvalue weighted by Gasteiger charge is 2.29. The molecule has 0 radical (unpaired) electrons. The van der Waals surface area contributed by atoms with E-state index in [1.165, 1.54) is 67.3 Å². The smallest absolute Gasteiger partial charge is 0.226 e. The van der Waals surface area contributed by atoms with Crippen LogP contribution in [0.3, 0.4) is 0 Å². The van der Waals surface area contributed by atoms with E-state index in [9.17, 15) is 0 Å². The van der Waals surface area contributed by atoms with Crippen LogP contribution in [0.1, 0.15) is 0 Å². The van der Waals surface area contributed by atoms with Gasteiger partial charge in [-0.1, -0.05) is 36.4 Å². The monoisotopic (exact) mass is 513 g/mol. The number of fused-ring (bicyclic) bond motifs is 3. The molecule has 0 aliphatic rings. The summed E-state index contributed by atoms with van der Waals surface area (Å²) in [5, 5.41) is 0. The maximum absolute atomic E-state index is 2.34. The standard InChI is InChI=1S/C33H33N6/c1-34-25-13-7-8-14-26(25)35(2)31(34)22-19-23(32-36(3)27-15-9-10-16-28(27)37(32)4)21-24(20-22)33-38(5)29-17-11-12-18-30(29)39(33)6/h7-21H,1-6H3/q+3. The van der Waals surface area contributed by atoms with Crippen molar-refractivity contribution in [1.29, 1.82) is 0 Å². The van der Waals surface area contributed by atoms with E-state index in [4.69, 9.17) is 0 Å². The van der Waals surface area contributed by atoms with Gasteiger partial charge in [-0.15, -0.1) is 0 Å². The summed E-state index contributed by atoms with van der Waals surface area (Å²) < 4.78 is 13.8. The highest BCUT2D eigenvalue weighted by Crippen LogP contribution is 2.33. The van der Waals surface area contributed by atoms with Crippen LogP contribution < -0.4 is 13.7 Å². The molecule has 6 heteroatoms. The molecule has 3 heterocycles. The molecule has 0 bridgehead atoms. The minimum atomic E-state index is 1.17. The molecule has 192 valence electrons. The first kappa shape index (κ1) is 23.4. The van der Waals surface area contributed by atoms with Crippen LogP contribution >= 0.6 is 0 Å². The number of para-hydroxylation sites is 6. The van der Waals surface area contributed by atoms with Crippen LogP contribution in [-0.4, -0.2) is 13.7 Å². The normalized spacial score (nSPS) is 11.8. The Morgan fingerprint density at radius 3 is 0.923 bits per heavy atom. The summed E-state index contributed by atoms with van der Waals surface area (Å²) in [4.78, 5) is 0. The first-order valence-electron chi connectivity index (χ1n) is 13.3. The lowest BCUT2D eigenvalue weighted by molar-refractivity contribution is -0.634. The quantitative estimate of drug-likeness (QED) is 0.308. The lowest BCUT2D eigenvalue weighted by atomic mass is 10.0. The summed E-state index contributed by atoms with van der Waals surface area (Å²) in [6, 6.07) is 32.8. The molecule has 4 aromatic carbocycles. The fourth-order valence-electron chi connectivity index (χ4n) is 6.63. The average Bonchev–Trinajstić information content (AvgIpc) is 3.48. The van der Waals surface area contributed by atoms with Crippen LogP contribution in [0.2, 0.25) is 0 Å². The van der Waals surface area contributed by atoms with E-state index in [1.54, 1.807) is 0 Å². The molecule has 0 spiro atoms. The molecule has 0 unspecified atom stereocenters. The molecule has 0 aliphatic carbocycles. The summed E-state index contributed by atoms with van der Waals surface area (Å²) in [5.74, 6) is 3.51. The highest BCUT2D eigenvalue weighted by molar-refractivity contribution is 5.83. The van der Waals surface area contributed by atoms with Gasteiger partial charge < -0.3 is 0 Å². The first-order chi connectivity index (χ1) is 18.9. The van der Waals surface area contributed by atoms with Gasteiger partial charge in [-0.2, -0.15) is 0 Å². The average molecular weight is 514 g/mol. The van der Waals surface area contributed by atoms with Crippen molar-refractivity contribution < 1.29 is 13.7 Å². The number of rotatable bonds is 3. The van der Waals surface area contributed by atoms with Gasteiger partial charge in [-0.25, -0.2) is 27.4 Å². The molecule has 0 saturated carbocycles. The molecule has 0 N–H and O–H groups in total. The minimum absolute atomic E-state index is 1.17. The van der Waals surface area contributed by atoms with Gasteiger partial charge in [0.2, 0.25) is 0 Å². The molecule has 7 aromatic rings. The van der Waals surface area contributed by atoms with Gasteiger partial charge >= 0.3 is 0 Å². The van der Waals surface area contributed by atoms with E-state index >= 15 is 0 Å². The second-order valence-corrected chi connectivity index (χ2v) is 10.6. The number of nitrogens with zero attached hydrogens (tertiary/aromatic N) is 6. The molecule has 7 rings (SSSR count). The van der Waals surface area contributed by atoms with E-state index in [0.29, 0.717) is 0 Å². The Morgan fingerprint density at radius 2 is 0.667 bits per heavy atom. The van der Waals surface area contributed by atoms with Crippen LogP contribution in [0.25, 0.3) is 67.3 Å². The number of aromatic nitrogens is 6. The highest BCUT2D eigenvalue weighted by atomic mass is 15.2. The molecular weight excluding hydrogens is 480 g/mol. The molecule has 0 atom stereocenters. The minimum Gasteiger partial charge on any atom is -0.226 e. The largest absolute Gasteiger partial charge is 0.289 e. The summed E-state index contributed by atoms with van der Waals surface area (Å²) in [5.41, 5.74) is 10.8. The molecule has 3 aromatic heterocycles. The van der Waals surface area contributed by atoms with E-state index in [-0.39, 0.29) is 0 Å². The SMILES string of the molecule is Cn1c(-c2cc(-c3n(C)c4ccccc4[n+]3C)cc(-c3n(C)c4ccccc4[n+]3C)c2)[n+](C)c2ccccc21. The summed E-state index contributed by atoms with van der Waals surface area (Å²) in [6.45, 7) is 0. The molecule has 0 aliphatic heterocycles. The van der Waals surface area contributed by atoms with E-state index in [0.717, 1.165) is 0 Å². The zero-order valence-electron chi connectivity index (χ0n) is 23.3. The predicted molar refractivity (Wildman–Crippen MR) is 156 cm³/mol. The van der Waals surface area contributed by atoms with Crippen molar-refractivity contribution in [3.63, 3.8) is 0 Å². The Labute approximate surface area is 227 Å². The van der Waals surface area contributed by atoms with Gasteiger partial charge in [0.15, 0.2) is 33.1 Å². The van der Waals surface area contributed by atoms with Crippen LogP contribution in [-0.2, 0) is 42.3 Å². The molecular formula is C33H33N6+3. The van der Waals surface area contributed by atoms with Gasteiger partial charge in [0.05, 0.1) is 59.0 Å². The Balaban J connectivity index is 1.59. The second kappa shape index (κ2) is 8.40. The van der Waals surface area contributed by atoms with Gasteiger partial charge in [0.25, 0.3) is 17.5 Å². The zero-order valence-corrected chi connectivity index (χ0v) is 23.3. The van der Waals surface area contributed by atoms with E-state index < -0.39 is 0 Å². The van der Waals surface area contributed by atoms with Crippen LogP contribution in [0, 0.1) is 0 Å². The van der Waals surface area contributed by atoms with Crippen molar-refractivity contribution in [2.75, 3.05) is 0 Å². The van der Waals surface area contributed by atoms with Gasteiger partial charge in [-0.3, -0.25) is 0 Å². The number of aryl methyl sites for hydroxylation is 6. The van der Waals surface area contributed by atoms with Crippen LogP contribution in [0.5, 0.6) is 0 Å². The summed E-state index contributed by atoms with van der Waals surface area (Å²) in [6.07, 6.45) is 0. The van der Waals surface area contributed by atoms with Crippen LogP contribution in [0.4, 0.5) is 0 Å². The summed E-state index contributed by atoms with van der Waals surface area (Å²) in [7, 11) is 13.0. The predicted octanol–water partition coefficient (Wildman–Crippen LogP) is 4.64. The number of imidazole rings is 3. The van der Waals surface area contributed by atoms with Gasteiger partial charge in [-0.05, 0) is 54.6 Å². The van der Waals surface area contributed by atoms with Gasteiger partial charge in [0, 0.05) is 0 Å². The molecule has 0 saturated heterocycles. The first-order valence-corrected chi connectivity index (χ1v) is 13.3. The third-order valence-corrected chi connectivity index (χ3v) is 8.43. The fraction of sp³-hybridized carbons (Fsp3) is 0.182. The second-order valence-electron chi connectivity index (χ2n) is 10.6. The maximum atomic E-state index is 2.34. The topological polar surface area (TPSA) is 26.4 Å². The number of hydrogen-bond donors (Lipinski definition) is 0. The van der Waals surface area contributed by atoms with Crippen molar-refractivity contribution in [1.82, 2.24) is 13.7 Å². The van der Waals surface area contributed by atoms with Crippen molar-refractivity contribution in [2.45, 2.75) is 0 Å². The Hall–Kier alpha value is -4.71. The van der Waals surface area contributed by atoms with Crippen molar-refractivity contribution in [3.05, 3.63) is 91.0 Å². The van der Waals surface area contributed by atoms with Gasteiger partial charge in [0.1, 0.15) is 0 Å². The van der Waals surface area contributed by atoms with Crippen molar-refractivity contribution in [3.8, 4) is 34.2 Å². The fourth-order valence-corrected chi connectivity index (χ4v) is 6.63. The zero-order chi connectivity index (χ0) is 27.0. The Kier molecular flexibility index (Phi) is 5.04. The third-order valence-electron chi connectivity index (χ3n) is 8.43. The molecule has 0 amide bonds. The van der Waals surface area contributed by atoms with Crippen LogP contribution in [0.15, 0.2) is 91.0 Å². The van der Waals surface area contributed by atoms with Crippen molar-refractivity contribution >= 4 is 33.1 Å². The Bertz CT molecular complexity index is 1720. The van der Waals surface area contributed by atoms with E-state index in [2.05, 4.69) is 161 Å². The molecule has 0 fully saturated rings. The number of benzene rings is 4. The summed E-state index contributed by atoms with van der Waals surface area (Å²) >= 11 is 0.